The summed E-state index contributed by atoms with van der Waals surface area (Å²) >= 11 is 0. The Morgan fingerprint density at radius 2 is 2.10 bits per heavy atom. The minimum atomic E-state index is -0.957. The Bertz CT molecular complexity index is 372. The van der Waals surface area contributed by atoms with E-state index in [0.29, 0.717) is 12.5 Å². The second-order valence-electron chi connectivity index (χ2n) is 6.39. The summed E-state index contributed by atoms with van der Waals surface area (Å²) in [4.78, 5) is 24.4. The molecule has 0 radical (unpaired) electrons. The molecule has 4 unspecified atom stereocenters. The summed E-state index contributed by atoms with van der Waals surface area (Å²) in [5.74, 6) is 1.23. The van der Waals surface area contributed by atoms with Crippen molar-refractivity contribution in [3.05, 3.63) is 0 Å². The number of aliphatic carboxylic acids is 1. The van der Waals surface area contributed by atoms with E-state index in [9.17, 15) is 9.59 Å². The molecular formula is C15H26N2O3. The average molecular weight is 282 g/mol. The van der Waals surface area contributed by atoms with Gasteiger partial charge in [-0.05, 0) is 50.4 Å². The van der Waals surface area contributed by atoms with Crippen LogP contribution in [0, 0.1) is 17.8 Å². The quantitative estimate of drug-likeness (QED) is 0.785. The molecule has 2 aliphatic rings. The number of hydrogen-bond donors (Lipinski definition) is 2. The third-order valence-corrected chi connectivity index (χ3v) is 4.89. The first-order valence-corrected chi connectivity index (χ1v) is 7.78. The number of fused-ring (bicyclic) bond motifs is 2. The Balaban J connectivity index is 1.86. The van der Waals surface area contributed by atoms with Gasteiger partial charge >= 0.3 is 12.0 Å². The van der Waals surface area contributed by atoms with Crippen molar-refractivity contribution in [2.24, 2.45) is 17.8 Å². The molecule has 2 bridgehead atoms. The predicted octanol–water partition coefficient (Wildman–Crippen LogP) is 2.32. The van der Waals surface area contributed by atoms with Crippen LogP contribution in [-0.4, -0.2) is 41.1 Å². The predicted molar refractivity (Wildman–Crippen MR) is 76.4 cm³/mol. The normalized spacial score (nSPS) is 29.2. The highest BCUT2D eigenvalue weighted by atomic mass is 16.4. The van der Waals surface area contributed by atoms with Gasteiger partial charge in [-0.3, -0.25) is 4.79 Å². The van der Waals surface area contributed by atoms with Gasteiger partial charge in [0.05, 0.1) is 0 Å². The lowest BCUT2D eigenvalue weighted by molar-refractivity contribution is -0.137. The number of hydrogen-bond acceptors (Lipinski definition) is 2. The van der Waals surface area contributed by atoms with Gasteiger partial charge in [0.2, 0.25) is 0 Å². The number of rotatable bonds is 6. The molecule has 20 heavy (non-hydrogen) atoms. The first-order valence-electron chi connectivity index (χ1n) is 7.78. The average Bonchev–Trinajstić information content (AvgIpc) is 2.99. The van der Waals surface area contributed by atoms with Gasteiger partial charge in [0, 0.05) is 12.6 Å². The molecule has 2 saturated carbocycles. The van der Waals surface area contributed by atoms with Crippen LogP contribution >= 0.6 is 0 Å². The Morgan fingerprint density at radius 1 is 1.35 bits per heavy atom. The van der Waals surface area contributed by atoms with Crippen molar-refractivity contribution < 1.29 is 14.7 Å². The second kappa shape index (κ2) is 6.46. The number of nitrogens with zero attached hydrogens (tertiary/aromatic N) is 1. The Hall–Kier alpha value is -1.26. The largest absolute Gasteiger partial charge is 0.480 e. The zero-order valence-electron chi connectivity index (χ0n) is 12.5. The van der Waals surface area contributed by atoms with Gasteiger partial charge in [0.25, 0.3) is 0 Å². The lowest BCUT2D eigenvalue weighted by atomic mass is 9.84. The van der Waals surface area contributed by atoms with Crippen LogP contribution in [0.2, 0.25) is 0 Å². The van der Waals surface area contributed by atoms with E-state index in [-0.39, 0.29) is 18.6 Å². The zero-order chi connectivity index (χ0) is 14.7. The van der Waals surface area contributed by atoms with E-state index in [1.54, 1.807) is 0 Å². The SMILES string of the molecule is CCCN(CC(=O)O)C(=O)NC(C)C1CC2CCC1C2. The van der Waals surface area contributed by atoms with Crippen LogP contribution in [-0.2, 0) is 4.79 Å². The molecule has 0 heterocycles. The maximum Gasteiger partial charge on any atom is 0.323 e. The molecule has 2 amide bonds. The topological polar surface area (TPSA) is 69.6 Å². The fourth-order valence-electron chi connectivity index (χ4n) is 3.98. The zero-order valence-corrected chi connectivity index (χ0v) is 12.5. The maximum absolute atomic E-state index is 12.2. The van der Waals surface area contributed by atoms with Gasteiger partial charge in [-0.15, -0.1) is 0 Å². The van der Waals surface area contributed by atoms with E-state index in [1.165, 1.54) is 30.6 Å². The lowest BCUT2D eigenvalue weighted by Crippen LogP contribution is -2.48. The van der Waals surface area contributed by atoms with Crippen molar-refractivity contribution >= 4 is 12.0 Å². The Morgan fingerprint density at radius 3 is 2.60 bits per heavy atom. The van der Waals surface area contributed by atoms with E-state index >= 15 is 0 Å². The summed E-state index contributed by atoms with van der Waals surface area (Å²) in [5, 5.41) is 11.9. The number of carboxylic acids is 1. The summed E-state index contributed by atoms with van der Waals surface area (Å²) in [6.07, 6.45) is 5.95. The molecule has 0 aliphatic heterocycles. The molecule has 0 aromatic carbocycles. The van der Waals surface area contributed by atoms with Crippen molar-refractivity contribution in [1.29, 1.82) is 0 Å². The lowest BCUT2D eigenvalue weighted by Gasteiger charge is -2.30. The monoisotopic (exact) mass is 282 g/mol. The molecular weight excluding hydrogens is 256 g/mol. The minimum absolute atomic E-state index is 0.144. The van der Waals surface area contributed by atoms with Crippen molar-refractivity contribution in [2.75, 3.05) is 13.1 Å². The van der Waals surface area contributed by atoms with Crippen molar-refractivity contribution in [3.8, 4) is 0 Å². The molecule has 114 valence electrons. The molecule has 2 rings (SSSR count). The highest BCUT2D eigenvalue weighted by Gasteiger charge is 2.42. The molecule has 5 nitrogen and oxygen atoms in total. The molecule has 5 heteroatoms. The number of amides is 2. The Labute approximate surface area is 120 Å². The van der Waals surface area contributed by atoms with Gasteiger partial charge in [-0.25, -0.2) is 4.79 Å². The van der Waals surface area contributed by atoms with Gasteiger partial charge in [-0.1, -0.05) is 13.3 Å². The van der Waals surface area contributed by atoms with Crippen molar-refractivity contribution in [2.45, 2.75) is 52.0 Å². The van der Waals surface area contributed by atoms with Crippen LogP contribution in [0.4, 0.5) is 4.79 Å². The van der Waals surface area contributed by atoms with Crippen LogP contribution in [0.3, 0.4) is 0 Å². The van der Waals surface area contributed by atoms with E-state index < -0.39 is 5.97 Å². The van der Waals surface area contributed by atoms with Crippen LogP contribution < -0.4 is 5.32 Å². The molecule has 2 N–H and O–H groups in total. The smallest absolute Gasteiger partial charge is 0.323 e. The highest BCUT2D eigenvalue weighted by Crippen LogP contribution is 2.49. The number of carbonyl (C=O) groups excluding carboxylic acids is 1. The molecule has 0 saturated heterocycles. The second-order valence-corrected chi connectivity index (χ2v) is 6.39. The minimum Gasteiger partial charge on any atom is -0.480 e. The van der Waals surface area contributed by atoms with Crippen LogP contribution in [0.1, 0.15) is 46.0 Å². The first kappa shape index (κ1) is 15.1. The molecule has 0 spiro atoms. The summed E-state index contributed by atoms with van der Waals surface area (Å²) in [6, 6.07) is -0.0875. The standard InChI is InChI=1S/C15H26N2O3/c1-3-6-17(9-14(18)19)15(20)16-10(2)13-8-11-4-5-12(13)7-11/h10-13H,3-9H2,1-2H3,(H,16,20)(H,18,19). The van der Waals surface area contributed by atoms with Crippen molar-refractivity contribution in [1.82, 2.24) is 10.2 Å². The van der Waals surface area contributed by atoms with E-state index in [4.69, 9.17) is 5.11 Å². The third-order valence-electron chi connectivity index (χ3n) is 4.89. The van der Waals surface area contributed by atoms with Crippen LogP contribution in [0.5, 0.6) is 0 Å². The molecule has 0 aromatic rings. The van der Waals surface area contributed by atoms with Gasteiger partial charge in [0.1, 0.15) is 6.54 Å². The van der Waals surface area contributed by atoms with E-state index in [2.05, 4.69) is 12.2 Å². The molecule has 2 aliphatic carbocycles. The fourth-order valence-corrected chi connectivity index (χ4v) is 3.98. The van der Waals surface area contributed by atoms with Crippen molar-refractivity contribution in [3.63, 3.8) is 0 Å². The summed E-state index contributed by atoms with van der Waals surface area (Å²) in [5.41, 5.74) is 0. The Kier molecular flexibility index (Phi) is 4.89. The third kappa shape index (κ3) is 3.44. The van der Waals surface area contributed by atoms with Gasteiger partial charge in [0.15, 0.2) is 0 Å². The molecule has 4 atom stereocenters. The van der Waals surface area contributed by atoms with Gasteiger partial charge in [-0.2, -0.15) is 0 Å². The highest BCUT2D eigenvalue weighted by molar-refractivity contribution is 5.80. The maximum atomic E-state index is 12.2. The van der Waals surface area contributed by atoms with Gasteiger partial charge < -0.3 is 15.3 Å². The first-order chi connectivity index (χ1) is 9.51. The summed E-state index contributed by atoms with van der Waals surface area (Å²) in [6.45, 7) is 4.28. The summed E-state index contributed by atoms with van der Waals surface area (Å²) in [7, 11) is 0. The number of carboxylic acid groups (broad SMARTS) is 1. The summed E-state index contributed by atoms with van der Waals surface area (Å²) < 4.78 is 0. The van der Waals surface area contributed by atoms with Crippen LogP contribution in [0.15, 0.2) is 0 Å². The van der Waals surface area contributed by atoms with Crippen LogP contribution in [0.25, 0.3) is 0 Å². The molecule has 2 fully saturated rings. The number of carbonyl (C=O) groups is 2. The fraction of sp³-hybridized carbons (Fsp3) is 0.867. The van der Waals surface area contributed by atoms with E-state index in [0.717, 1.165) is 18.3 Å². The van der Waals surface area contributed by atoms with E-state index in [1.807, 2.05) is 6.92 Å². The number of nitrogens with one attached hydrogen (secondary N) is 1. The number of urea groups is 1. The molecule has 0 aromatic heterocycles.